The van der Waals surface area contributed by atoms with Crippen LogP contribution in [0.15, 0.2) is 29.2 Å². The van der Waals surface area contributed by atoms with Gasteiger partial charge >= 0.3 is 35.5 Å². The molecule has 2 unspecified atom stereocenters. The molecule has 126 valence electrons. The minimum absolute atomic E-state index is 0. The van der Waals surface area contributed by atoms with Crippen LogP contribution in [0.2, 0.25) is 0 Å². The second kappa shape index (κ2) is 8.83. The summed E-state index contributed by atoms with van der Waals surface area (Å²) in [6, 6.07) is 4.89. The van der Waals surface area contributed by atoms with E-state index in [2.05, 4.69) is 20.8 Å². The third-order valence-electron chi connectivity index (χ3n) is 3.00. The molecule has 23 heavy (non-hydrogen) atoms. The van der Waals surface area contributed by atoms with E-state index >= 15 is 0 Å². The predicted molar refractivity (Wildman–Crippen MR) is 85.9 cm³/mol. The first-order valence-electron chi connectivity index (χ1n) is 6.83. The maximum absolute atomic E-state index is 12.0. The van der Waals surface area contributed by atoms with Gasteiger partial charge in [-0.1, -0.05) is 27.7 Å². The van der Waals surface area contributed by atoms with Crippen LogP contribution in [-0.2, 0) is 14.9 Å². The van der Waals surface area contributed by atoms with Gasteiger partial charge in [-0.05, 0) is 42.0 Å². The number of carbonyl (C=O) groups is 1. The molecule has 0 aliphatic carbocycles. The number of rotatable bonds is 5. The summed E-state index contributed by atoms with van der Waals surface area (Å²) >= 11 is 6.13. The van der Waals surface area contributed by atoms with Crippen molar-refractivity contribution < 1.29 is 53.5 Å². The van der Waals surface area contributed by atoms with Gasteiger partial charge in [-0.2, -0.15) is 8.42 Å². The Hall–Kier alpha value is -0.110. The largest absolute Gasteiger partial charge is 1.00 e. The first-order valence-corrected chi connectivity index (χ1v) is 8.71. The van der Waals surface area contributed by atoms with E-state index in [1.165, 1.54) is 12.1 Å². The fourth-order valence-corrected chi connectivity index (χ4v) is 2.77. The van der Waals surface area contributed by atoms with Crippen molar-refractivity contribution >= 4 is 27.7 Å². The topological polar surface area (TPSA) is 80.7 Å². The minimum Gasteiger partial charge on any atom is -1.00 e. The molecule has 0 saturated heterocycles. The van der Waals surface area contributed by atoms with Gasteiger partial charge in [0.25, 0.3) is 10.1 Å². The molecule has 8 heteroatoms. The Morgan fingerprint density at radius 2 is 1.78 bits per heavy atom. The zero-order chi connectivity index (χ0) is 17.1. The molecule has 5 nitrogen and oxygen atoms in total. The van der Waals surface area contributed by atoms with Gasteiger partial charge in [0, 0.05) is 0 Å². The number of ether oxygens (including phenoxy) is 1. The van der Waals surface area contributed by atoms with Crippen molar-refractivity contribution in [1.29, 1.82) is 0 Å². The molecule has 0 radical (unpaired) electrons. The van der Waals surface area contributed by atoms with Crippen molar-refractivity contribution in [2.45, 2.75) is 44.4 Å². The summed E-state index contributed by atoms with van der Waals surface area (Å²) in [4.78, 5) is 11.7. The monoisotopic (exact) mass is 372 g/mol. The Bertz CT molecular complexity index is 628. The molecule has 1 aromatic carbocycles. The first kappa shape index (κ1) is 22.9. The van der Waals surface area contributed by atoms with E-state index in [1.807, 2.05) is 6.92 Å². The smallest absolute Gasteiger partial charge is 1.00 e. The summed E-state index contributed by atoms with van der Waals surface area (Å²) in [6.07, 6.45) is 0.762. The molecule has 0 fully saturated rings. The number of alkyl halides is 1. The van der Waals surface area contributed by atoms with Gasteiger partial charge in [-0.15, -0.1) is 11.6 Å². The summed E-state index contributed by atoms with van der Waals surface area (Å²) in [7, 11) is -4.26. The Morgan fingerprint density at radius 1 is 1.30 bits per heavy atom. The summed E-state index contributed by atoms with van der Waals surface area (Å²) in [6.45, 7) is 8.07. The molecule has 1 rings (SSSR count). The predicted octanol–water partition coefficient (Wildman–Crippen LogP) is 0.635. The van der Waals surface area contributed by atoms with Crippen molar-refractivity contribution in [3.05, 3.63) is 24.3 Å². The van der Waals surface area contributed by atoms with E-state index in [4.69, 9.17) is 20.9 Å². The number of hydrogen-bond donors (Lipinski definition) is 1. The average Bonchev–Trinajstić information content (AvgIpc) is 2.35. The quantitative estimate of drug-likeness (QED) is 0.270. The van der Waals surface area contributed by atoms with E-state index in [-0.39, 0.29) is 53.0 Å². The van der Waals surface area contributed by atoms with E-state index in [9.17, 15) is 13.2 Å². The van der Waals surface area contributed by atoms with Crippen molar-refractivity contribution in [2.24, 2.45) is 11.3 Å². The molecule has 1 N–H and O–H groups in total. The van der Waals surface area contributed by atoms with E-state index < -0.39 is 21.5 Å². The Morgan fingerprint density at radius 3 is 2.17 bits per heavy atom. The molecule has 1 aromatic rings. The second-order valence-corrected chi connectivity index (χ2v) is 8.40. The van der Waals surface area contributed by atoms with Crippen LogP contribution in [0.5, 0.6) is 5.75 Å². The Balaban J connectivity index is 0. The summed E-state index contributed by atoms with van der Waals surface area (Å²) in [5.74, 6) is -0.477. The summed E-state index contributed by atoms with van der Waals surface area (Å²) in [5.41, 5.74) is 0.0456. The molecule has 0 aliphatic heterocycles. The number of esters is 1. The van der Waals surface area contributed by atoms with Gasteiger partial charge in [0.2, 0.25) is 0 Å². The Kier molecular flexibility index (Phi) is 8.79. The van der Waals surface area contributed by atoms with E-state index in [1.54, 1.807) is 0 Å². The van der Waals surface area contributed by atoms with Crippen molar-refractivity contribution in [2.75, 3.05) is 0 Å². The van der Waals surface area contributed by atoms with Crippen LogP contribution >= 0.6 is 11.6 Å². The van der Waals surface area contributed by atoms with Crippen LogP contribution in [0.25, 0.3) is 0 Å². The van der Waals surface area contributed by atoms with Crippen LogP contribution in [0.1, 0.15) is 35.5 Å². The number of carbonyl (C=O) groups excluding carboxylic acids is 1. The average molecular weight is 373 g/mol. The van der Waals surface area contributed by atoms with Crippen molar-refractivity contribution in [1.82, 2.24) is 0 Å². The maximum atomic E-state index is 12.0. The first-order chi connectivity index (χ1) is 9.90. The molecular weight excluding hydrogens is 351 g/mol. The summed E-state index contributed by atoms with van der Waals surface area (Å²) in [5, 5.41) is -0.791. The van der Waals surface area contributed by atoms with Gasteiger partial charge in [0.1, 0.15) is 11.1 Å². The number of hydrogen-bond acceptors (Lipinski definition) is 4. The van der Waals surface area contributed by atoms with Crippen LogP contribution < -0.4 is 34.3 Å². The van der Waals surface area contributed by atoms with Gasteiger partial charge < -0.3 is 6.16 Å². The molecule has 0 spiro atoms. The van der Waals surface area contributed by atoms with Crippen molar-refractivity contribution in [3.63, 3.8) is 0 Å². The van der Waals surface area contributed by atoms with Crippen molar-refractivity contribution in [3.8, 4) is 5.75 Å². The molecule has 0 heterocycles. The molecule has 0 bridgehead atoms. The van der Waals surface area contributed by atoms with Gasteiger partial charge in [0.05, 0.1) is 4.90 Å². The fourth-order valence-electron chi connectivity index (χ4n) is 2.15. The van der Waals surface area contributed by atoms with Crippen LogP contribution in [0, 0.1) is 11.3 Å². The van der Waals surface area contributed by atoms with E-state index in [0.29, 0.717) is 0 Å². The molecule has 2 atom stereocenters. The van der Waals surface area contributed by atoms with Gasteiger partial charge in [0.15, 0.2) is 0 Å². The third-order valence-corrected chi connectivity index (χ3v) is 4.48. The standard InChI is InChI=1S/C15H21ClO5S.Na.H/c1-10(9-15(2,3)4)13(16)14(17)21-11-5-7-12(8-6-11)22(18,19)20;;/h5-8,10,13H,9H2,1-4H3,(H,18,19,20);;/q;+1;-1. The Labute approximate surface area is 166 Å². The molecule has 0 saturated carbocycles. The maximum Gasteiger partial charge on any atom is 1.00 e. The molecule has 0 amide bonds. The number of halogens is 1. The zero-order valence-corrected chi connectivity index (χ0v) is 17.6. The second-order valence-electron chi connectivity index (χ2n) is 6.51. The van der Waals surface area contributed by atoms with Crippen LogP contribution in [-0.4, -0.2) is 24.3 Å². The van der Waals surface area contributed by atoms with Crippen LogP contribution in [0.3, 0.4) is 0 Å². The van der Waals surface area contributed by atoms with E-state index in [0.717, 1.165) is 18.6 Å². The zero-order valence-electron chi connectivity index (χ0n) is 15.0. The number of benzene rings is 1. The third kappa shape index (κ3) is 8.01. The molecule has 0 aromatic heterocycles. The van der Waals surface area contributed by atoms with Crippen LogP contribution in [0.4, 0.5) is 0 Å². The minimum atomic E-state index is -4.26. The molecule has 0 aliphatic rings. The molecular formula is C15H22ClNaO5S. The fraction of sp³-hybridized carbons (Fsp3) is 0.533. The summed E-state index contributed by atoms with van der Waals surface area (Å²) < 4.78 is 35.9. The SMILES string of the molecule is CC(CC(C)(C)C)C(Cl)C(=O)Oc1ccc(S(=O)(=O)O)cc1.[H-].[Na+]. The van der Waals surface area contributed by atoms with Gasteiger partial charge in [-0.25, -0.2) is 0 Å². The normalized spacial score (nSPS) is 14.5. The van der Waals surface area contributed by atoms with Gasteiger partial charge in [-0.3, -0.25) is 9.35 Å².